The van der Waals surface area contributed by atoms with Gasteiger partial charge in [-0.15, -0.1) is 0 Å². The first-order valence-electron chi connectivity index (χ1n) is 31.7. The molecular weight excluding hydrogens is 1260 g/mol. The number of primary amides is 2. The first-order chi connectivity index (χ1) is 45.6. The summed E-state index contributed by atoms with van der Waals surface area (Å²) in [4.78, 5) is 183. The van der Waals surface area contributed by atoms with E-state index in [0.717, 1.165) is 21.8 Å². The van der Waals surface area contributed by atoms with Crippen molar-refractivity contribution in [2.24, 2.45) is 28.9 Å². The summed E-state index contributed by atoms with van der Waals surface area (Å²) in [5.41, 5.74) is 25.9. The third kappa shape index (κ3) is 23.5. The zero-order valence-electron chi connectivity index (χ0n) is 54.3. The Bertz CT molecular complexity index is 3550. The number of hydrogen-bond acceptors (Lipinski definition) is 16. The molecule has 0 aliphatic carbocycles. The van der Waals surface area contributed by atoms with Crippen LogP contribution in [0.15, 0.2) is 91.3 Å². The van der Waals surface area contributed by atoms with Gasteiger partial charge in [-0.2, -0.15) is 12.6 Å². The molecule has 31 heteroatoms. The summed E-state index contributed by atoms with van der Waals surface area (Å²) in [6.07, 6.45) is 2.00. The monoisotopic (exact) mass is 1350 g/mol. The fourth-order valence-electron chi connectivity index (χ4n) is 10.3. The van der Waals surface area contributed by atoms with Crippen molar-refractivity contribution in [1.29, 1.82) is 0 Å². The Morgan fingerprint density at radius 1 is 0.469 bits per heavy atom. The number of nitrogens with one attached hydrogen (secondary N) is 12. The van der Waals surface area contributed by atoms with Crippen molar-refractivity contribution in [3.63, 3.8) is 0 Å². The fraction of sp³-hybridized carbons (Fsp3) is 0.462. The van der Waals surface area contributed by atoms with Gasteiger partial charge in [0.1, 0.15) is 60.4 Å². The molecule has 0 aliphatic rings. The standard InChI is InChI=1S/C65H90N16O14S/c1-6-34(2)54(65(95)76-45(22-14-15-27-66)59(89)74-46(23-25-52(68)82)60(90)75-47(24-26-53(83)84)61(91)77-48(55(69)85)28-38-16-8-7-9-17-38)81-58(88)37(5)72-57(87)36(4)73-62(92)49(29-39-31-70-43-20-12-10-18-41(39)43)78-63(93)50(30-40-32-71-44-21-13-11-19-42(40)44)79-64(94)51(33-96)80-56(86)35(3)67/h7-13,16-21,31-32,34-37,45-51,54,70-71,96H,6,14-15,22-30,33,66-67H2,1-5H3,(H2,68,82)(H2,69,85)(H,72,87)(H,73,92)(H,74,89)(H,75,90)(H,76,95)(H,77,91)(H,78,93)(H,79,94)(H,80,86)(H,81,88)(H,83,84)/t34?,35-,36-,37-,45-,46-,47-,48-,49-,50-,51-,54-/m0/s1. The molecule has 0 aliphatic heterocycles. The summed E-state index contributed by atoms with van der Waals surface area (Å²) in [6.45, 7) is 7.68. The second kappa shape index (κ2) is 37.9. The number of carbonyl (C=O) groups is 13. The van der Waals surface area contributed by atoms with Crippen LogP contribution in [0.25, 0.3) is 21.8 Å². The maximum Gasteiger partial charge on any atom is 0.303 e. The molecule has 0 bridgehead atoms. The highest BCUT2D eigenvalue weighted by molar-refractivity contribution is 7.80. The van der Waals surface area contributed by atoms with Crippen molar-refractivity contribution in [1.82, 2.24) is 63.1 Å². The molecule has 96 heavy (non-hydrogen) atoms. The number of thiol groups is 1. The van der Waals surface area contributed by atoms with Gasteiger partial charge in [-0.1, -0.05) is 87.0 Å². The number of aromatic amines is 2. The maximum absolute atomic E-state index is 14.7. The Labute approximate surface area is 560 Å². The molecule has 0 fully saturated rings. The van der Waals surface area contributed by atoms with Crippen LogP contribution in [0.5, 0.6) is 0 Å². The van der Waals surface area contributed by atoms with Crippen LogP contribution in [-0.2, 0) is 81.6 Å². The van der Waals surface area contributed by atoms with Crippen LogP contribution in [0, 0.1) is 5.92 Å². The number of rotatable bonds is 40. The summed E-state index contributed by atoms with van der Waals surface area (Å²) in [5.74, 6) is -12.5. The summed E-state index contributed by atoms with van der Waals surface area (Å²) in [6, 6.07) is 8.06. The van der Waals surface area contributed by atoms with E-state index < -0.39 is 175 Å². The molecule has 520 valence electrons. The SMILES string of the molecule is CCC(C)[C@H](NC(=O)[C@H](C)NC(=O)[C@H](C)NC(=O)[C@H](Cc1c[nH]c2ccccc12)NC(=O)[C@H](Cc1c[nH]c2ccccc12)NC(=O)[C@H](CS)NC(=O)[C@H](C)N)C(=O)N[C@@H](CCCCN)C(=O)N[C@@H](CCC(N)=O)C(=O)N[C@@H](CCC(=O)O)C(=O)N[C@@H](Cc1ccccc1)C(N)=O. The number of hydrogen-bond donors (Lipinski definition) is 18. The van der Waals surface area contributed by atoms with E-state index in [1.54, 1.807) is 68.7 Å². The average molecular weight is 1350 g/mol. The van der Waals surface area contributed by atoms with E-state index in [0.29, 0.717) is 29.5 Å². The Hall–Kier alpha value is -9.88. The number of fused-ring (bicyclic) bond motifs is 2. The van der Waals surface area contributed by atoms with Crippen molar-refractivity contribution >= 4 is 111 Å². The molecule has 5 rings (SSSR count). The van der Waals surface area contributed by atoms with E-state index >= 15 is 0 Å². The summed E-state index contributed by atoms with van der Waals surface area (Å²) < 4.78 is 0. The van der Waals surface area contributed by atoms with E-state index in [1.807, 2.05) is 36.4 Å². The normalized spacial score (nSPS) is 15.0. The first-order valence-corrected chi connectivity index (χ1v) is 32.3. The quantitative estimate of drug-likeness (QED) is 0.0159. The van der Waals surface area contributed by atoms with Gasteiger partial charge in [-0.25, -0.2) is 0 Å². The van der Waals surface area contributed by atoms with E-state index in [4.69, 9.17) is 22.9 Å². The highest BCUT2D eigenvalue weighted by Gasteiger charge is 2.37. The molecule has 21 N–H and O–H groups in total. The number of benzene rings is 3. The largest absolute Gasteiger partial charge is 0.481 e. The Morgan fingerprint density at radius 3 is 1.36 bits per heavy atom. The van der Waals surface area contributed by atoms with Gasteiger partial charge >= 0.3 is 5.97 Å². The van der Waals surface area contributed by atoms with Gasteiger partial charge in [-0.05, 0) is 94.2 Å². The van der Waals surface area contributed by atoms with Gasteiger partial charge < -0.3 is 91.2 Å². The summed E-state index contributed by atoms with van der Waals surface area (Å²) in [7, 11) is 0. The number of carbonyl (C=O) groups excluding carboxylic acids is 12. The lowest BCUT2D eigenvalue weighted by molar-refractivity contribution is -0.138. The second-order valence-electron chi connectivity index (χ2n) is 23.7. The predicted octanol–water partition coefficient (Wildman–Crippen LogP) is -1.37. The fourth-order valence-corrected chi connectivity index (χ4v) is 10.5. The van der Waals surface area contributed by atoms with E-state index in [2.05, 4.69) is 75.8 Å². The molecule has 3 aromatic carbocycles. The lowest BCUT2D eigenvalue weighted by Gasteiger charge is -2.29. The van der Waals surface area contributed by atoms with E-state index in [9.17, 15) is 67.4 Å². The lowest BCUT2D eigenvalue weighted by Crippen LogP contribution is -2.61. The first kappa shape index (κ1) is 76.8. The third-order valence-electron chi connectivity index (χ3n) is 16.1. The number of unbranched alkanes of at least 4 members (excludes halogenated alkanes) is 1. The minimum absolute atomic E-state index is 0.0449. The summed E-state index contributed by atoms with van der Waals surface area (Å²) in [5, 5.41) is 36.9. The van der Waals surface area contributed by atoms with Crippen LogP contribution < -0.4 is 76.1 Å². The molecule has 0 saturated heterocycles. The van der Waals surface area contributed by atoms with Crippen molar-refractivity contribution in [3.05, 3.63) is 108 Å². The number of aromatic nitrogens is 2. The molecule has 1 unspecified atom stereocenters. The summed E-state index contributed by atoms with van der Waals surface area (Å²) >= 11 is 4.26. The van der Waals surface area contributed by atoms with Crippen molar-refractivity contribution in [3.8, 4) is 0 Å². The molecule has 5 aromatic rings. The zero-order valence-corrected chi connectivity index (χ0v) is 55.2. The molecular formula is C65H90N16O14S. The van der Waals surface area contributed by atoms with Crippen LogP contribution in [0.4, 0.5) is 0 Å². The van der Waals surface area contributed by atoms with Crippen molar-refractivity contribution in [2.45, 2.75) is 172 Å². The predicted molar refractivity (Wildman–Crippen MR) is 359 cm³/mol. The Morgan fingerprint density at radius 2 is 0.885 bits per heavy atom. The van der Waals surface area contributed by atoms with Gasteiger partial charge in [0.25, 0.3) is 0 Å². The third-order valence-corrected chi connectivity index (χ3v) is 16.5. The number of para-hydroxylation sites is 2. The zero-order chi connectivity index (χ0) is 70.8. The molecule has 2 heterocycles. The van der Waals surface area contributed by atoms with Crippen LogP contribution in [0.3, 0.4) is 0 Å². The highest BCUT2D eigenvalue weighted by Crippen LogP contribution is 2.22. The van der Waals surface area contributed by atoms with E-state index in [1.165, 1.54) is 20.8 Å². The minimum Gasteiger partial charge on any atom is -0.481 e. The topological polar surface area (TPSA) is 498 Å². The molecule has 30 nitrogen and oxygen atoms in total. The second-order valence-corrected chi connectivity index (χ2v) is 24.0. The van der Waals surface area contributed by atoms with E-state index in [-0.39, 0.29) is 44.4 Å². The average Bonchev–Trinajstić information content (AvgIpc) is 1.73. The van der Waals surface area contributed by atoms with Crippen LogP contribution in [0.2, 0.25) is 0 Å². The Kier molecular flexibility index (Phi) is 30.3. The van der Waals surface area contributed by atoms with Gasteiger partial charge in [0.15, 0.2) is 0 Å². The molecule has 12 atom stereocenters. The van der Waals surface area contributed by atoms with Gasteiger partial charge in [0.2, 0.25) is 70.9 Å². The molecule has 0 radical (unpaired) electrons. The molecule has 0 saturated carbocycles. The lowest BCUT2D eigenvalue weighted by atomic mass is 9.97. The van der Waals surface area contributed by atoms with Crippen LogP contribution >= 0.6 is 12.6 Å². The number of amides is 12. The number of H-pyrrole nitrogens is 2. The van der Waals surface area contributed by atoms with Gasteiger partial charge in [-0.3, -0.25) is 62.3 Å². The van der Waals surface area contributed by atoms with Crippen LogP contribution in [-0.4, -0.2) is 171 Å². The maximum atomic E-state index is 14.7. The van der Waals surface area contributed by atoms with Gasteiger partial charge in [0.05, 0.1) is 6.04 Å². The van der Waals surface area contributed by atoms with Crippen molar-refractivity contribution < 1.29 is 67.4 Å². The molecule has 0 spiro atoms. The smallest absolute Gasteiger partial charge is 0.303 e. The Balaban J connectivity index is 1.32. The van der Waals surface area contributed by atoms with Crippen molar-refractivity contribution in [2.75, 3.05) is 12.3 Å². The van der Waals surface area contributed by atoms with Crippen LogP contribution in [0.1, 0.15) is 103 Å². The number of aliphatic carboxylic acids is 1. The number of nitrogens with two attached hydrogens (primary N) is 4. The van der Waals surface area contributed by atoms with Gasteiger partial charge in [0, 0.05) is 72.1 Å². The highest BCUT2D eigenvalue weighted by atomic mass is 32.1. The molecule has 2 aromatic heterocycles. The minimum atomic E-state index is -1.62. The molecule has 12 amide bonds. The number of carboxylic acid groups (broad SMARTS) is 1. The number of carboxylic acids is 1.